The number of nitrogens with one attached hydrogen (secondary N) is 2. The summed E-state index contributed by atoms with van der Waals surface area (Å²) in [6.07, 6.45) is 0.761. The quantitative estimate of drug-likeness (QED) is 0.836. The minimum absolute atomic E-state index is 0.0448. The Morgan fingerprint density at radius 2 is 2.11 bits per heavy atom. The number of methoxy groups -OCH3 is 1. The van der Waals surface area contributed by atoms with Crippen LogP contribution in [0.25, 0.3) is 0 Å². The average molecular weight is 247 g/mol. The van der Waals surface area contributed by atoms with E-state index in [1.807, 2.05) is 13.0 Å². The van der Waals surface area contributed by atoms with Gasteiger partial charge in [-0.15, -0.1) is 0 Å². The predicted molar refractivity (Wildman–Crippen MR) is 69.3 cm³/mol. The second-order valence-corrected chi connectivity index (χ2v) is 3.97. The van der Waals surface area contributed by atoms with Crippen LogP contribution in [0.15, 0.2) is 24.3 Å². The Hall–Kier alpha value is -2.06. The number of carbonyl (C=O) groups is 1. The number of carbonyl (C=O) groups excluding carboxylic acids is 1. The molecule has 0 heterocycles. The molecule has 1 atom stereocenters. The number of hydrogen-bond acceptors (Lipinski definition) is 3. The topological polar surface area (TPSA) is 74.2 Å². The maximum absolute atomic E-state index is 11.6. The van der Waals surface area contributed by atoms with Crippen LogP contribution in [0.4, 0.5) is 10.5 Å². The van der Waals surface area contributed by atoms with Gasteiger partial charge in [0, 0.05) is 25.4 Å². The van der Waals surface area contributed by atoms with Gasteiger partial charge in [-0.1, -0.05) is 0 Å². The number of nitriles is 1. The van der Waals surface area contributed by atoms with Crippen molar-refractivity contribution in [2.75, 3.05) is 19.0 Å². The summed E-state index contributed by atoms with van der Waals surface area (Å²) in [5, 5.41) is 14.1. The third-order valence-corrected chi connectivity index (χ3v) is 2.40. The molecule has 2 amide bonds. The molecule has 0 fully saturated rings. The molecule has 1 aromatic rings. The minimum atomic E-state index is -0.261. The summed E-state index contributed by atoms with van der Waals surface area (Å²) in [5.41, 5.74) is 1.22. The highest BCUT2D eigenvalue weighted by molar-refractivity contribution is 5.89. The molecule has 18 heavy (non-hydrogen) atoms. The van der Waals surface area contributed by atoms with E-state index in [0.717, 1.165) is 6.42 Å². The first kappa shape index (κ1) is 14.0. The van der Waals surface area contributed by atoms with Gasteiger partial charge in [-0.3, -0.25) is 0 Å². The summed E-state index contributed by atoms with van der Waals surface area (Å²) in [5.74, 6) is 0. The van der Waals surface area contributed by atoms with E-state index in [2.05, 4.69) is 10.6 Å². The van der Waals surface area contributed by atoms with Crippen LogP contribution in [0.3, 0.4) is 0 Å². The van der Waals surface area contributed by atoms with Gasteiger partial charge in [0.25, 0.3) is 0 Å². The summed E-state index contributed by atoms with van der Waals surface area (Å²) in [6.45, 7) is 2.52. The van der Waals surface area contributed by atoms with E-state index in [0.29, 0.717) is 17.9 Å². The average Bonchev–Trinajstić information content (AvgIpc) is 2.37. The van der Waals surface area contributed by atoms with Crippen molar-refractivity contribution in [1.29, 1.82) is 5.26 Å². The van der Waals surface area contributed by atoms with Crippen molar-refractivity contribution in [2.45, 2.75) is 19.4 Å². The Morgan fingerprint density at radius 3 is 2.67 bits per heavy atom. The van der Waals surface area contributed by atoms with E-state index in [1.54, 1.807) is 31.4 Å². The second-order valence-electron chi connectivity index (χ2n) is 3.97. The number of nitrogens with zero attached hydrogens (tertiary/aromatic N) is 1. The van der Waals surface area contributed by atoms with Crippen molar-refractivity contribution >= 4 is 11.7 Å². The molecule has 5 nitrogen and oxygen atoms in total. The Bertz CT molecular complexity index is 423. The van der Waals surface area contributed by atoms with Gasteiger partial charge >= 0.3 is 6.03 Å². The number of urea groups is 1. The van der Waals surface area contributed by atoms with Crippen LogP contribution in [0.1, 0.15) is 18.9 Å². The molecule has 0 radical (unpaired) electrons. The zero-order valence-electron chi connectivity index (χ0n) is 10.6. The number of anilines is 1. The highest BCUT2D eigenvalue weighted by Gasteiger charge is 2.06. The van der Waals surface area contributed by atoms with Crippen LogP contribution in [0, 0.1) is 11.3 Å². The number of hydrogen-bond donors (Lipinski definition) is 2. The standard InChI is InChI=1S/C13H17N3O2/c1-10(7-8-18-2)15-13(17)16-12-5-3-11(9-14)4-6-12/h3-6,10H,7-8H2,1-2H3,(H2,15,16,17). The van der Waals surface area contributed by atoms with Gasteiger partial charge < -0.3 is 15.4 Å². The van der Waals surface area contributed by atoms with Gasteiger partial charge in [0.05, 0.1) is 11.6 Å². The Labute approximate surface area is 107 Å². The maximum atomic E-state index is 11.6. The summed E-state index contributed by atoms with van der Waals surface area (Å²) < 4.78 is 4.94. The molecule has 0 spiro atoms. The monoisotopic (exact) mass is 247 g/mol. The fourth-order valence-electron chi connectivity index (χ4n) is 1.39. The smallest absolute Gasteiger partial charge is 0.319 e. The van der Waals surface area contributed by atoms with Crippen molar-refractivity contribution in [1.82, 2.24) is 5.32 Å². The highest BCUT2D eigenvalue weighted by Crippen LogP contribution is 2.08. The molecule has 0 bridgehead atoms. The van der Waals surface area contributed by atoms with Gasteiger partial charge in [0.1, 0.15) is 0 Å². The van der Waals surface area contributed by atoms with Crippen LogP contribution in [-0.4, -0.2) is 25.8 Å². The molecule has 5 heteroatoms. The van der Waals surface area contributed by atoms with Crippen LogP contribution in [0.2, 0.25) is 0 Å². The van der Waals surface area contributed by atoms with Crippen LogP contribution in [-0.2, 0) is 4.74 Å². The lowest BCUT2D eigenvalue weighted by molar-refractivity contribution is 0.185. The zero-order chi connectivity index (χ0) is 13.4. The van der Waals surface area contributed by atoms with Crippen molar-refractivity contribution in [3.63, 3.8) is 0 Å². The lowest BCUT2D eigenvalue weighted by Gasteiger charge is -2.14. The summed E-state index contributed by atoms with van der Waals surface area (Å²) >= 11 is 0. The number of benzene rings is 1. The first-order chi connectivity index (χ1) is 8.65. The summed E-state index contributed by atoms with van der Waals surface area (Å²) in [6, 6.07) is 8.50. The molecular formula is C13H17N3O2. The van der Waals surface area contributed by atoms with Crippen molar-refractivity contribution in [3.8, 4) is 6.07 Å². The van der Waals surface area contributed by atoms with Crippen molar-refractivity contribution in [2.24, 2.45) is 0 Å². The van der Waals surface area contributed by atoms with Crippen molar-refractivity contribution < 1.29 is 9.53 Å². The molecule has 1 rings (SSSR count). The molecule has 1 unspecified atom stereocenters. The molecule has 0 aromatic heterocycles. The SMILES string of the molecule is COCCC(C)NC(=O)Nc1ccc(C#N)cc1. The van der Waals surface area contributed by atoms with E-state index in [9.17, 15) is 4.79 Å². The Balaban J connectivity index is 2.41. The van der Waals surface area contributed by atoms with Crippen molar-refractivity contribution in [3.05, 3.63) is 29.8 Å². The van der Waals surface area contributed by atoms with E-state index in [1.165, 1.54) is 0 Å². The molecule has 1 aromatic carbocycles. The van der Waals surface area contributed by atoms with Gasteiger partial charge in [0.2, 0.25) is 0 Å². The van der Waals surface area contributed by atoms with Gasteiger partial charge in [-0.25, -0.2) is 4.79 Å². The normalized spacial score (nSPS) is 11.4. The molecule has 2 N–H and O–H groups in total. The Morgan fingerprint density at radius 1 is 1.44 bits per heavy atom. The zero-order valence-corrected chi connectivity index (χ0v) is 10.6. The Kier molecular flexibility index (Phi) is 5.68. The van der Waals surface area contributed by atoms with Crippen LogP contribution >= 0.6 is 0 Å². The summed E-state index contributed by atoms with van der Waals surface area (Å²) in [4.78, 5) is 11.6. The fourth-order valence-corrected chi connectivity index (χ4v) is 1.39. The van der Waals surface area contributed by atoms with E-state index in [-0.39, 0.29) is 12.1 Å². The predicted octanol–water partition coefficient (Wildman–Crippen LogP) is 2.10. The molecule has 0 aliphatic heterocycles. The van der Waals surface area contributed by atoms with Crippen LogP contribution < -0.4 is 10.6 Å². The van der Waals surface area contributed by atoms with E-state index >= 15 is 0 Å². The molecule has 0 saturated carbocycles. The van der Waals surface area contributed by atoms with Gasteiger partial charge in [-0.05, 0) is 37.6 Å². The van der Waals surface area contributed by atoms with Gasteiger partial charge in [-0.2, -0.15) is 5.26 Å². The number of amides is 2. The number of ether oxygens (including phenoxy) is 1. The summed E-state index contributed by atoms with van der Waals surface area (Å²) in [7, 11) is 1.63. The minimum Gasteiger partial charge on any atom is -0.385 e. The van der Waals surface area contributed by atoms with Crippen LogP contribution in [0.5, 0.6) is 0 Å². The molecule has 0 aliphatic rings. The molecule has 96 valence electrons. The third-order valence-electron chi connectivity index (χ3n) is 2.40. The molecule has 0 aliphatic carbocycles. The van der Waals surface area contributed by atoms with Gasteiger partial charge in [0.15, 0.2) is 0 Å². The first-order valence-corrected chi connectivity index (χ1v) is 5.72. The first-order valence-electron chi connectivity index (χ1n) is 5.72. The highest BCUT2D eigenvalue weighted by atomic mass is 16.5. The lowest BCUT2D eigenvalue weighted by atomic mass is 10.2. The lowest BCUT2D eigenvalue weighted by Crippen LogP contribution is -2.36. The second kappa shape index (κ2) is 7.30. The largest absolute Gasteiger partial charge is 0.385 e. The van der Waals surface area contributed by atoms with E-state index in [4.69, 9.17) is 10.00 Å². The number of rotatable bonds is 5. The molecular weight excluding hydrogens is 230 g/mol. The fraction of sp³-hybridized carbons (Fsp3) is 0.385. The third kappa shape index (κ3) is 4.85. The van der Waals surface area contributed by atoms with E-state index < -0.39 is 0 Å². The maximum Gasteiger partial charge on any atom is 0.319 e. The molecule has 0 saturated heterocycles.